The Kier molecular flexibility index (Phi) is 5.67. The minimum atomic E-state index is 0.736. The third-order valence-corrected chi connectivity index (χ3v) is 4.30. The zero-order valence-corrected chi connectivity index (χ0v) is 11.9. The van der Waals surface area contributed by atoms with Crippen molar-refractivity contribution in [3.05, 3.63) is 41.4 Å². The predicted octanol–water partition coefficient (Wildman–Crippen LogP) is 3.03. The van der Waals surface area contributed by atoms with E-state index in [-0.39, 0.29) is 0 Å². The van der Waals surface area contributed by atoms with Crippen molar-refractivity contribution in [1.82, 2.24) is 10.3 Å². The lowest BCUT2D eigenvalue weighted by atomic mass is 10.3. The Morgan fingerprint density at radius 2 is 2.33 bits per heavy atom. The van der Waals surface area contributed by atoms with Gasteiger partial charge in [-0.1, -0.05) is 23.9 Å². The number of hydrogen-bond donors (Lipinski definition) is 1. The highest BCUT2D eigenvalue weighted by atomic mass is 32.2. The Morgan fingerprint density at radius 1 is 1.39 bits per heavy atom. The highest BCUT2D eigenvalue weighted by Gasteiger charge is 2.00. The molecule has 0 radical (unpaired) electrons. The largest absolute Gasteiger partial charge is 0.383 e. The van der Waals surface area contributed by atoms with Gasteiger partial charge in [0.1, 0.15) is 5.03 Å². The molecule has 1 N–H and O–H groups in total. The predicted molar refractivity (Wildman–Crippen MR) is 76.3 cm³/mol. The number of pyridine rings is 1. The lowest BCUT2D eigenvalue weighted by Gasteiger charge is -2.04. The van der Waals surface area contributed by atoms with Crippen molar-refractivity contribution in [3.63, 3.8) is 0 Å². The summed E-state index contributed by atoms with van der Waals surface area (Å²) in [7, 11) is 1.71. The zero-order valence-electron chi connectivity index (χ0n) is 10.3. The Hall–Kier alpha value is -0.880. The Morgan fingerprint density at radius 3 is 3.00 bits per heavy atom. The van der Waals surface area contributed by atoms with Crippen LogP contribution < -0.4 is 5.32 Å². The van der Waals surface area contributed by atoms with Crippen molar-refractivity contribution >= 4 is 23.1 Å². The first-order chi connectivity index (χ1) is 8.88. The quantitative estimate of drug-likeness (QED) is 0.791. The highest BCUT2D eigenvalue weighted by molar-refractivity contribution is 8.01. The van der Waals surface area contributed by atoms with Gasteiger partial charge in [0.2, 0.25) is 0 Å². The minimum Gasteiger partial charge on any atom is -0.383 e. The van der Waals surface area contributed by atoms with E-state index in [1.165, 1.54) is 9.77 Å². The van der Waals surface area contributed by atoms with E-state index >= 15 is 0 Å². The van der Waals surface area contributed by atoms with Crippen LogP contribution in [0, 0.1) is 0 Å². The summed E-state index contributed by atoms with van der Waals surface area (Å²) in [5.74, 6) is 0. The summed E-state index contributed by atoms with van der Waals surface area (Å²) in [5.41, 5.74) is 1.20. The van der Waals surface area contributed by atoms with Crippen LogP contribution in [0.15, 0.2) is 45.1 Å². The normalized spacial score (nSPS) is 10.7. The minimum absolute atomic E-state index is 0.736. The van der Waals surface area contributed by atoms with Crippen LogP contribution in [0.3, 0.4) is 0 Å². The van der Waals surface area contributed by atoms with E-state index in [9.17, 15) is 0 Å². The zero-order chi connectivity index (χ0) is 12.6. The van der Waals surface area contributed by atoms with E-state index in [0.717, 1.165) is 24.7 Å². The molecule has 0 saturated carbocycles. The van der Waals surface area contributed by atoms with Crippen LogP contribution in [-0.2, 0) is 11.3 Å². The van der Waals surface area contributed by atoms with E-state index in [0.29, 0.717) is 0 Å². The van der Waals surface area contributed by atoms with Gasteiger partial charge in [0.15, 0.2) is 0 Å². The van der Waals surface area contributed by atoms with Gasteiger partial charge in [-0.15, -0.1) is 11.3 Å². The van der Waals surface area contributed by atoms with E-state index in [2.05, 4.69) is 39.9 Å². The number of thiophene rings is 1. The summed E-state index contributed by atoms with van der Waals surface area (Å²) in [5, 5.41) is 6.42. The number of nitrogens with zero attached hydrogens (tertiary/aromatic N) is 1. The van der Waals surface area contributed by atoms with Gasteiger partial charge in [0, 0.05) is 26.4 Å². The van der Waals surface area contributed by atoms with Crippen LogP contribution in [0.25, 0.3) is 0 Å². The van der Waals surface area contributed by atoms with Crippen LogP contribution in [0.5, 0.6) is 0 Å². The SMILES string of the molecule is COCCNCc1ccc(Sc2cccs2)nc1. The molecule has 2 rings (SSSR count). The smallest absolute Gasteiger partial charge is 0.101 e. The van der Waals surface area contributed by atoms with Crippen molar-refractivity contribution in [2.75, 3.05) is 20.3 Å². The molecule has 5 heteroatoms. The number of rotatable bonds is 7. The van der Waals surface area contributed by atoms with Gasteiger partial charge in [-0.3, -0.25) is 0 Å². The van der Waals surface area contributed by atoms with Crippen molar-refractivity contribution in [2.24, 2.45) is 0 Å². The van der Waals surface area contributed by atoms with E-state index < -0.39 is 0 Å². The standard InChI is InChI=1S/C13H16N2OS2/c1-16-7-6-14-9-11-4-5-12(15-10-11)18-13-3-2-8-17-13/h2-5,8,10,14H,6-7,9H2,1H3. The molecule has 0 atom stereocenters. The Labute approximate surface area is 116 Å². The van der Waals surface area contributed by atoms with Crippen LogP contribution in [-0.4, -0.2) is 25.2 Å². The summed E-state index contributed by atoms with van der Waals surface area (Å²) in [6.45, 7) is 2.43. The molecule has 0 unspecified atom stereocenters. The monoisotopic (exact) mass is 280 g/mol. The molecule has 96 valence electrons. The Balaban J connectivity index is 1.82. The van der Waals surface area contributed by atoms with E-state index in [1.807, 2.05) is 6.20 Å². The molecular formula is C13H16N2OS2. The molecule has 0 amide bonds. The molecule has 2 aromatic rings. The molecule has 0 spiro atoms. The molecule has 18 heavy (non-hydrogen) atoms. The van der Waals surface area contributed by atoms with Crippen LogP contribution in [0.1, 0.15) is 5.56 Å². The molecule has 0 aliphatic carbocycles. The number of hydrogen-bond acceptors (Lipinski definition) is 5. The van der Waals surface area contributed by atoms with Crippen LogP contribution >= 0.6 is 23.1 Å². The first-order valence-corrected chi connectivity index (χ1v) is 7.44. The van der Waals surface area contributed by atoms with Gasteiger partial charge in [-0.05, 0) is 23.1 Å². The molecule has 0 bridgehead atoms. The topological polar surface area (TPSA) is 34.1 Å². The lowest BCUT2D eigenvalue weighted by Crippen LogP contribution is -2.18. The van der Waals surface area contributed by atoms with Gasteiger partial charge >= 0.3 is 0 Å². The maximum Gasteiger partial charge on any atom is 0.101 e. The third-order valence-electron chi connectivity index (χ3n) is 2.31. The third kappa shape index (κ3) is 4.42. The summed E-state index contributed by atoms with van der Waals surface area (Å²) in [6.07, 6.45) is 1.93. The molecule has 2 aromatic heterocycles. The van der Waals surface area contributed by atoms with Gasteiger partial charge in [0.25, 0.3) is 0 Å². The second-order valence-electron chi connectivity index (χ2n) is 3.71. The van der Waals surface area contributed by atoms with Gasteiger partial charge in [0.05, 0.1) is 10.8 Å². The van der Waals surface area contributed by atoms with E-state index in [4.69, 9.17) is 4.74 Å². The lowest BCUT2D eigenvalue weighted by molar-refractivity contribution is 0.199. The van der Waals surface area contributed by atoms with Crippen molar-refractivity contribution in [2.45, 2.75) is 15.8 Å². The molecule has 3 nitrogen and oxygen atoms in total. The summed E-state index contributed by atoms with van der Waals surface area (Å²) in [4.78, 5) is 4.45. The van der Waals surface area contributed by atoms with Crippen LogP contribution in [0.2, 0.25) is 0 Å². The van der Waals surface area contributed by atoms with Crippen molar-refractivity contribution in [3.8, 4) is 0 Å². The average Bonchev–Trinajstić information content (AvgIpc) is 2.89. The fourth-order valence-corrected chi connectivity index (χ4v) is 3.07. The van der Waals surface area contributed by atoms with E-state index in [1.54, 1.807) is 30.2 Å². The van der Waals surface area contributed by atoms with Gasteiger partial charge in [-0.2, -0.15) is 0 Å². The molecule has 0 aliphatic heterocycles. The van der Waals surface area contributed by atoms with Crippen molar-refractivity contribution in [1.29, 1.82) is 0 Å². The average molecular weight is 280 g/mol. The Bertz CT molecular complexity index is 443. The fraction of sp³-hybridized carbons (Fsp3) is 0.308. The number of ether oxygens (including phenoxy) is 1. The molecule has 0 aliphatic rings. The maximum absolute atomic E-state index is 4.98. The number of nitrogens with one attached hydrogen (secondary N) is 1. The summed E-state index contributed by atoms with van der Waals surface area (Å²) in [6, 6.07) is 8.35. The number of aromatic nitrogens is 1. The molecule has 0 fully saturated rings. The first-order valence-electron chi connectivity index (χ1n) is 5.74. The fourth-order valence-electron chi connectivity index (χ4n) is 1.41. The summed E-state index contributed by atoms with van der Waals surface area (Å²) < 4.78 is 6.25. The number of methoxy groups -OCH3 is 1. The van der Waals surface area contributed by atoms with Crippen molar-refractivity contribution < 1.29 is 4.74 Å². The molecule has 2 heterocycles. The second-order valence-corrected chi connectivity index (χ2v) is 5.98. The molecular weight excluding hydrogens is 264 g/mol. The maximum atomic E-state index is 4.98. The molecule has 0 aromatic carbocycles. The van der Waals surface area contributed by atoms with Gasteiger partial charge < -0.3 is 10.1 Å². The molecule has 0 saturated heterocycles. The highest BCUT2D eigenvalue weighted by Crippen LogP contribution is 2.29. The first kappa shape index (κ1) is 13.5. The summed E-state index contributed by atoms with van der Waals surface area (Å²) >= 11 is 3.44. The van der Waals surface area contributed by atoms with Gasteiger partial charge in [-0.25, -0.2) is 4.98 Å². The second kappa shape index (κ2) is 7.53. The van der Waals surface area contributed by atoms with Crippen LogP contribution in [0.4, 0.5) is 0 Å².